The van der Waals surface area contributed by atoms with Gasteiger partial charge < -0.3 is 15.8 Å². The topological polar surface area (TPSA) is 81.4 Å². The largest absolute Gasteiger partial charge is 0.452 e. The Morgan fingerprint density at radius 3 is 2.57 bits per heavy atom. The van der Waals surface area contributed by atoms with Crippen LogP contribution in [0, 0.1) is 0 Å². The van der Waals surface area contributed by atoms with Crippen LogP contribution >= 0.6 is 11.6 Å². The molecule has 0 saturated heterocycles. The maximum Gasteiger partial charge on any atom is 0.338 e. The summed E-state index contributed by atoms with van der Waals surface area (Å²) < 4.78 is 4.97. The fraction of sp³-hybridized carbons (Fsp3) is 0.176. The Kier molecular flexibility index (Phi) is 5.60. The van der Waals surface area contributed by atoms with E-state index in [9.17, 15) is 9.59 Å². The van der Waals surface area contributed by atoms with Crippen molar-refractivity contribution in [3.8, 4) is 0 Å². The third-order valence-electron chi connectivity index (χ3n) is 3.21. The van der Waals surface area contributed by atoms with E-state index >= 15 is 0 Å². The van der Waals surface area contributed by atoms with Gasteiger partial charge in [0, 0.05) is 10.7 Å². The smallest absolute Gasteiger partial charge is 0.338 e. The van der Waals surface area contributed by atoms with Gasteiger partial charge in [-0.3, -0.25) is 4.79 Å². The van der Waals surface area contributed by atoms with Crippen molar-refractivity contribution in [1.29, 1.82) is 0 Å². The minimum Gasteiger partial charge on any atom is -0.452 e. The summed E-state index contributed by atoms with van der Waals surface area (Å²) in [7, 11) is 0. The first-order valence-electron chi connectivity index (χ1n) is 7.03. The highest BCUT2D eigenvalue weighted by atomic mass is 35.5. The molecule has 1 atom stereocenters. The number of carbonyl (C=O) groups excluding carboxylic acids is 2. The van der Waals surface area contributed by atoms with E-state index in [4.69, 9.17) is 22.1 Å². The van der Waals surface area contributed by atoms with Gasteiger partial charge in [0.1, 0.15) is 0 Å². The molecule has 0 aliphatic carbocycles. The number of hydrogen-bond donors (Lipinski definition) is 2. The molecule has 120 valence electrons. The first kappa shape index (κ1) is 16.8. The van der Waals surface area contributed by atoms with Crippen LogP contribution in [0.2, 0.25) is 5.02 Å². The standard InChI is InChI=1S/C17H17ClN2O3/c1-11(13-3-2-4-14(18)9-13)20-16(21)10-23-17(22)12-5-7-15(19)8-6-12/h2-9,11H,10,19H2,1H3,(H,20,21)/t11-/m0/s1. The number of nitrogens with one attached hydrogen (secondary N) is 1. The predicted octanol–water partition coefficient (Wildman–Crippen LogP) is 2.96. The second-order valence-electron chi connectivity index (χ2n) is 5.04. The second kappa shape index (κ2) is 7.65. The number of hydrogen-bond acceptors (Lipinski definition) is 4. The van der Waals surface area contributed by atoms with Gasteiger partial charge in [0.15, 0.2) is 6.61 Å². The fourth-order valence-electron chi connectivity index (χ4n) is 1.98. The Hall–Kier alpha value is -2.53. The maximum absolute atomic E-state index is 11.9. The molecule has 0 saturated carbocycles. The molecule has 0 heterocycles. The lowest BCUT2D eigenvalue weighted by atomic mass is 10.1. The summed E-state index contributed by atoms with van der Waals surface area (Å²) in [4.78, 5) is 23.7. The van der Waals surface area contributed by atoms with Crippen molar-refractivity contribution in [2.24, 2.45) is 0 Å². The Labute approximate surface area is 139 Å². The van der Waals surface area contributed by atoms with Gasteiger partial charge in [-0.05, 0) is 48.9 Å². The van der Waals surface area contributed by atoms with Gasteiger partial charge in [-0.25, -0.2) is 4.79 Å². The number of nitrogen functional groups attached to an aromatic ring is 1. The van der Waals surface area contributed by atoms with E-state index in [1.165, 1.54) is 0 Å². The van der Waals surface area contributed by atoms with E-state index < -0.39 is 5.97 Å². The normalized spacial score (nSPS) is 11.6. The zero-order chi connectivity index (χ0) is 16.8. The second-order valence-corrected chi connectivity index (χ2v) is 5.48. The molecule has 2 rings (SSSR count). The number of anilines is 1. The number of carbonyl (C=O) groups is 2. The number of amides is 1. The molecule has 0 aliphatic heterocycles. The highest BCUT2D eigenvalue weighted by molar-refractivity contribution is 6.30. The van der Waals surface area contributed by atoms with Crippen LogP contribution in [-0.2, 0) is 9.53 Å². The molecule has 5 nitrogen and oxygen atoms in total. The maximum atomic E-state index is 11.9. The van der Waals surface area contributed by atoms with Gasteiger partial charge in [-0.1, -0.05) is 23.7 Å². The van der Waals surface area contributed by atoms with Gasteiger partial charge in [-0.2, -0.15) is 0 Å². The van der Waals surface area contributed by atoms with Crippen molar-refractivity contribution < 1.29 is 14.3 Å². The molecule has 0 unspecified atom stereocenters. The van der Waals surface area contributed by atoms with Crippen molar-refractivity contribution >= 4 is 29.2 Å². The summed E-state index contributed by atoms with van der Waals surface area (Å²) in [6.45, 7) is 1.47. The highest BCUT2D eigenvalue weighted by Crippen LogP contribution is 2.17. The summed E-state index contributed by atoms with van der Waals surface area (Å²) in [5, 5.41) is 3.34. The number of esters is 1. The SMILES string of the molecule is C[C@H](NC(=O)COC(=O)c1ccc(N)cc1)c1cccc(Cl)c1. The minimum atomic E-state index is -0.574. The van der Waals surface area contributed by atoms with Crippen LogP contribution in [0.5, 0.6) is 0 Å². The van der Waals surface area contributed by atoms with Crippen LogP contribution in [0.25, 0.3) is 0 Å². The van der Waals surface area contributed by atoms with Gasteiger partial charge in [-0.15, -0.1) is 0 Å². The van der Waals surface area contributed by atoms with Gasteiger partial charge in [0.2, 0.25) is 0 Å². The fourth-order valence-corrected chi connectivity index (χ4v) is 2.17. The number of ether oxygens (including phenoxy) is 1. The van der Waals surface area contributed by atoms with Crippen LogP contribution in [0.1, 0.15) is 28.9 Å². The molecular formula is C17H17ClN2O3. The summed E-state index contributed by atoms with van der Waals surface area (Å²) in [5.74, 6) is -0.961. The van der Waals surface area contributed by atoms with E-state index in [0.29, 0.717) is 16.3 Å². The summed E-state index contributed by atoms with van der Waals surface area (Å²) in [6, 6.07) is 13.2. The number of rotatable bonds is 5. The van der Waals surface area contributed by atoms with Crippen LogP contribution in [0.15, 0.2) is 48.5 Å². The van der Waals surface area contributed by atoms with E-state index in [-0.39, 0.29) is 18.6 Å². The molecule has 0 aliphatic rings. The van der Waals surface area contributed by atoms with Crippen molar-refractivity contribution in [3.05, 3.63) is 64.7 Å². The van der Waals surface area contributed by atoms with Crippen LogP contribution in [0.3, 0.4) is 0 Å². The highest BCUT2D eigenvalue weighted by Gasteiger charge is 2.13. The molecule has 1 amide bonds. The molecule has 2 aromatic rings. The third kappa shape index (κ3) is 5.00. The molecule has 23 heavy (non-hydrogen) atoms. The zero-order valence-corrected chi connectivity index (χ0v) is 13.3. The van der Waals surface area contributed by atoms with Crippen molar-refractivity contribution in [1.82, 2.24) is 5.32 Å². The molecular weight excluding hydrogens is 316 g/mol. The molecule has 3 N–H and O–H groups in total. The summed E-state index contributed by atoms with van der Waals surface area (Å²) >= 11 is 5.92. The van der Waals surface area contributed by atoms with E-state index in [1.54, 1.807) is 42.5 Å². The first-order chi connectivity index (χ1) is 11.0. The van der Waals surface area contributed by atoms with Crippen LogP contribution < -0.4 is 11.1 Å². The Morgan fingerprint density at radius 2 is 1.91 bits per heavy atom. The molecule has 6 heteroatoms. The summed E-state index contributed by atoms with van der Waals surface area (Å²) in [6.07, 6.45) is 0. The van der Waals surface area contributed by atoms with E-state index in [2.05, 4.69) is 5.32 Å². The number of nitrogens with two attached hydrogens (primary N) is 1. The minimum absolute atomic E-state index is 0.239. The molecule has 0 spiro atoms. The zero-order valence-electron chi connectivity index (χ0n) is 12.6. The van der Waals surface area contributed by atoms with Crippen molar-refractivity contribution in [2.75, 3.05) is 12.3 Å². The van der Waals surface area contributed by atoms with Gasteiger partial charge >= 0.3 is 5.97 Å². The van der Waals surface area contributed by atoms with Gasteiger partial charge in [0.25, 0.3) is 5.91 Å². The summed E-state index contributed by atoms with van der Waals surface area (Å²) in [5.41, 5.74) is 7.31. The molecule has 0 fully saturated rings. The Bertz CT molecular complexity index is 701. The predicted molar refractivity (Wildman–Crippen MR) is 89.1 cm³/mol. The van der Waals surface area contributed by atoms with E-state index in [0.717, 1.165) is 5.56 Å². The Balaban J connectivity index is 1.85. The van der Waals surface area contributed by atoms with Crippen molar-refractivity contribution in [2.45, 2.75) is 13.0 Å². The number of halogens is 1. The lowest BCUT2D eigenvalue weighted by molar-refractivity contribution is -0.124. The average Bonchev–Trinajstić information content (AvgIpc) is 2.53. The molecule has 0 aromatic heterocycles. The Morgan fingerprint density at radius 1 is 1.22 bits per heavy atom. The third-order valence-corrected chi connectivity index (χ3v) is 3.44. The van der Waals surface area contributed by atoms with Gasteiger partial charge in [0.05, 0.1) is 11.6 Å². The quantitative estimate of drug-likeness (QED) is 0.651. The number of benzene rings is 2. The lowest BCUT2D eigenvalue weighted by Crippen LogP contribution is -2.31. The molecule has 0 bridgehead atoms. The van der Waals surface area contributed by atoms with Crippen LogP contribution in [0.4, 0.5) is 5.69 Å². The average molecular weight is 333 g/mol. The lowest BCUT2D eigenvalue weighted by Gasteiger charge is -2.14. The molecule has 2 aromatic carbocycles. The first-order valence-corrected chi connectivity index (χ1v) is 7.41. The molecule has 0 radical (unpaired) electrons. The van der Waals surface area contributed by atoms with Crippen molar-refractivity contribution in [3.63, 3.8) is 0 Å². The van der Waals surface area contributed by atoms with E-state index in [1.807, 2.05) is 13.0 Å². The van der Waals surface area contributed by atoms with Crippen LogP contribution in [-0.4, -0.2) is 18.5 Å². The monoisotopic (exact) mass is 332 g/mol.